The second-order valence-electron chi connectivity index (χ2n) is 6.35. The van der Waals surface area contributed by atoms with Crippen molar-refractivity contribution in [1.82, 2.24) is 4.90 Å². The van der Waals surface area contributed by atoms with E-state index in [9.17, 15) is 8.42 Å². The summed E-state index contributed by atoms with van der Waals surface area (Å²) in [5, 5.41) is 5.37. The first-order chi connectivity index (χ1) is 11.0. The molecule has 6 nitrogen and oxygen atoms in total. The third-order valence-electron chi connectivity index (χ3n) is 4.77. The highest BCUT2D eigenvalue weighted by Gasteiger charge is 2.25. The number of primary sulfonamides is 1. The lowest BCUT2D eigenvalue weighted by Crippen LogP contribution is -2.47. The average Bonchev–Trinajstić information content (AvgIpc) is 2.52. The molecule has 23 heavy (non-hydrogen) atoms. The van der Waals surface area contributed by atoms with Crippen LogP contribution in [0, 0.1) is 0 Å². The van der Waals surface area contributed by atoms with Gasteiger partial charge in [0.25, 0.3) is 0 Å². The van der Waals surface area contributed by atoms with Gasteiger partial charge < -0.3 is 9.64 Å². The van der Waals surface area contributed by atoms with Crippen molar-refractivity contribution < 1.29 is 13.2 Å². The van der Waals surface area contributed by atoms with Crippen LogP contribution in [0.1, 0.15) is 18.9 Å². The van der Waals surface area contributed by atoms with E-state index < -0.39 is 10.0 Å². The summed E-state index contributed by atoms with van der Waals surface area (Å²) in [4.78, 5) is 5.00. The molecular weight excluding hydrogens is 314 g/mol. The fourth-order valence-corrected chi connectivity index (χ4v) is 4.33. The maximum Gasteiger partial charge on any atom is 0.238 e. The highest BCUT2D eigenvalue weighted by molar-refractivity contribution is 7.89. The Kier molecular flexibility index (Phi) is 4.91. The molecule has 1 aromatic carbocycles. The fraction of sp³-hybridized carbons (Fsp3) is 0.625. The molecule has 1 unspecified atom stereocenters. The maximum atomic E-state index is 11.8. The van der Waals surface area contributed by atoms with E-state index in [0.717, 1.165) is 63.5 Å². The van der Waals surface area contributed by atoms with Crippen LogP contribution in [0.2, 0.25) is 0 Å². The average molecular weight is 339 g/mol. The lowest BCUT2D eigenvalue weighted by Gasteiger charge is -2.37. The molecular formula is C16H25N3O3S. The second kappa shape index (κ2) is 6.76. The van der Waals surface area contributed by atoms with Crippen molar-refractivity contribution in [2.24, 2.45) is 5.14 Å². The van der Waals surface area contributed by atoms with Crippen LogP contribution in [-0.4, -0.2) is 58.8 Å². The highest BCUT2D eigenvalue weighted by atomic mass is 32.2. The number of hydrogen-bond donors (Lipinski definition) is 1. The van der Waals surface area contributed by atoms with E-state index in [1.165, 1.54) is 0 Å². The Labute approximate surface area is 138 Å². The number of fused-ring (bicyclic) bond motifs is 1. The Balaban J connectivity index is 1.77. The van der Waals surface area contributed by atoms with E-state index in [4.69, 9.17) is 9.88 Å². The quantitative estimate of drug-likeness (QED) is 0.878. The van der Waals surface area contributed by atoms with Crippen LogP contribution in [0.3, 0.4) is 0 Å². The first-order valence-corrected chi connectivity index (χ1v) is 9.73. The van der Waals surface area contributed by atoms with Gasteiger partial charge in [0.2, 0.25) is 10.0 Å². The molecule has 0 aliphatic carbocycles. The molecule has 7 heteroatoms. The summed E-state index contributed by atoms with van der Waals surface area (Å²) in [7, 11) is -3.67. The molecule has 0 amide bonds. The van der Waals surface area contributed by atoms with Gasteiger partial charge in [-0.15, -0.1) is 0 Å². The Bertz CT molecular complexity index is 663. The molecule has 2 heterocycles. The van der Waals surface area contributed by atoms with Gasteiger partial charge in [0, 0.05) is 37.9 Å². The Morgan fingerprint density at radius 2 is 2.13 bits per heavy atom. The topological polar surface area (TPSA) is 75.9 Å². The third kappa shape index (κ3) is 3.68. The van der Waals surface area contributed by atoms with E-state index in [0.29, 0.717) is 6.04 Å². The molecule has 2 aliphatic heterocycles. The van der Waals surface area contributed by atoms with Gasteiger partial charge in [0.15, 0.2) is 0 Å². The molecule has 3 rings (SSSR count). The monoisotopic (exact) mass is 339 g/mol. The van der Waals surface area contributed by atoms with Gasteiger partial charge in [-0.2, -0.15) is 0 Å². The number of nitrogens with two attached hydrogens (primary N) is 1. The van der Waals surface area contributed by atoms with E-state index in [2.05, 4.69) is 16.7 Å². The molecule has 0 saturated carbocycles. The maximum absolute atomic E-state index is 11.8. The summed E-state index contributed by atoms with van der Waals surface area (Å²) in [6, 6.07) is 5.84. The van der Waals surface area contributed by atoms with Gasteiger partial charge >= 0.3 is 0 Å². The lowest BCUT2D eigenvalue weighted by atomic mass is 10.0. The van der Waals surface area contributed by atoms with Gasteiger partial charge in [-0.3, -0.25) is 4.90 Å². The standard InChI is InChI=1S/C16H25N3O3S/c1-13-12-22-11-10-18(13)8-9-19-7-3-4-14-15(19)5-2-6-16(14)23(17,20)21/h2,5-6,13H,3-4,7-12H2,1H3,(H2,17,20,21). The van der Waals surface area contributed by atoms with Gasteiger partial charge in [0.05, 0.1) is 18.1 Å². The molecule has 128 valence electrons. The Hall–Kier alpha value is -1.15. The molecule has 0 radical (unpaired) electrons. The SMILES string of the molecule is CC1COCCN1CCN1CCCc2c1cccc2S(N)(=O)=O. The lowest BCUT2D eigenvalue weighted by molar-refractivity contribution is 0.00113. The van der Waals surface area contributed by atoms with Crippen LogP contribution >= 0.6 is 0 Å². The predicted molar refractivity (Wildman–Crippen MR) is 90.2 cm³/mol. The zero-order valence-electron chi connectivity index (χ0n) is 13.6. The summed E-state index contributed by atoms with van der Waals surface area (Å²) in [5.74, 6) is 0. The summed E-state index contributed by atoms with van der Waals surface area (Å²) in [6.45, 7) is 7.53. The van der Waals surface area contributed by atoms with Crippen molar-refractivity contribution in [3.63, 3.8) is 0 Å². The highest BCUT2D eigenvalue weighted by Crippen LogP contribution is 2.31. The van der Waals surface area contributed by atoms with Crippen molar-refractivity contribution in [3.05, 3.63) is 23.8 Å². The number of sulfonamides is 1. The van der Waals surface area contributed by atoms with E-state index in [-0.39, 0.29) is 4.90 Å². The number of rotatable bonds is 4. The van der Waals surface area contributed by atoms with Crippen LogP contribution in [0.5, 0.6) is 0 Å². The largest absolute Gasteiger partial charge is 0.379 e. The number of ether oxygens (including phenoxy) is 1. The van der Waals surface area contributed by atoms with Crippen molar-refractivity contribution in [1.29, 1.82) is 0 Å². The minimum absolute atomic E-state index is 0.277. The number of benzene rings is 1. The van der Waals surface area contributed by atoms with Crippen LogP contribution in [0.15, 0.2) is 23.1 Å². The minimum atomic E-state index is -3.67. The molecule has 0 spiro atoms. The summed E-state index contributed by atoms with van der Waals surface area (Å²) >= 11 is 0. The number of morpholine rings is 1. The van der Waals surface area contributed by atoms with Crippen LogP contribution in [0.4, 0.5) is 5.69 Å². The van der Waals surface area contributed by atoms with Crippen molar-refractivity contribution in [3.8, 4) is 0 Å². The smallest absolute Gasteiger partial charge is 0.238 e. The molecule has 2 aliphatic rings. The zero-order valence-corrected chi connectivity index (χ0v) is 14.4. The molecule has 1 fully saturated rings. The summed E-state index contributed by atoms with van der Waals surface area (Å²) < 4.78 is 29.1. The van der Waals surface area contributed by atoms with Gasteiger partial charge in [-0.25, -0.2) is 13.6 Å². The fourth-order valence-electron chi connectivity index (χ4n) is 3.51. The molecule has 0 bridgehead atoms. The summed E-state index contributed by atoms with van der Waals surface area (Å²) in [6.07, 6.45) is 1.73. The second-order valence-corrected chi connectivity index (χ2v) is 7.88. The molecule has 2 N–H and O–H groups in total. The summed E-state index contributed by atoms with van der Waals surface area (Å²) in [5.41, 5.74) is 1.89. The molecule has 1 atom stereocenters. The Morgan fingerprint density at radius 1 is 1.30 bits per heavy atom. The number of nitrogens with zero attached hydrogens (tertiary/aromatic N) is 2. The van der Waals surface area contributed by atoms with Crippen LogP contribution in [0.25, 0.3) is 0 Å². The van der Waals surface area contributed by atoms with Crippen LogP contribution in [-0.2, 0) is 21.2 Å². The van der Waals surface area contributed by atoms with E-state index in [1.807, 2.05) is 6.07 Å². The normalized spacial score (nSPS) is 22.9. The molecule has 1 saturated heterocycles. The third-order valence-corrected chi connectivity index (χ3v) is 5.77. The van der Waals surface area contributed by atoms with E-state index >= 15 is 0 Å². The number of anilines is 1. The van der Waals surface area contributed by atoms with Crippen LogP contribution < -0.4 is 10.0 Å². The van der Waals surface area contributed by atoms with Gasteiger partial charge in [-0.05, 0) is 37.5 Å². The van der Waals surface area contributed by atoms with Crippen molar-refractivity contribution in [2.45, 2.75) is 30.7 Å². The molecule has 1 aromatic rings. The first-order valence-electron chi connectivity index (χ1n) is 8.18. The van der Waals surface area contributed by atoms with Crippen molar-refractivity contribution >= 4 is 15.7 Å². The van der Waals surface area contributed by atoms with Gasteiger partial charge in [0.1, 0.15) is 0 Å². The number of hydrogen-bond acceptors (Lipinski definition) is 5. The molecule has 0 aromatic heterocycles. The Morgan fingerprint density at radius 3 is 2.87 bits per heavy atom. The first kappa shape index (κ1) is 16.7. The van der Waals surface area contributed by atoms with Crippen molar-refractivity contribution in [2.75, 3.05) is 44.3 Å². The zero-order chi connectivity index (χ0) is 16.4. The minimum Gasteiger partial charge on any atom is -0.379 e. The predicted octanol–water partition coefficient (Wildman–Crippen LogP) is 0.807. The van der Waals surface area contributed by atoms with Gasteiger partial charge in [-0.1, -0.05) is 6.07 Å². The van der Waals surface area contributed by atoms with E-state index in [1.54, 1.807) is 12.1 Å².